The molecule has 1 aromatic heterocycles. The van der Waals surface area contributed by atoms with Crippen molar-refractivity contribution in [2.45, 2.75) is 50.5 Å². The Balaban J connectivity index is 1.64. The van der Waals surface area contributed by atoms with Gasteiger partial charge in [-0.05, 0) is 84.6 Å². The van der Waals surface area contributed by atoms with Gasteiger partial charge in [0, 0.05) is 34.9 Å². The number of ketones is 1. The molecule has 3 N–H and O–H groups in total. The summed E-state index contributed by atoms with van der Waals surface area (Å²) in [7, 11) is -2.31. The number of anilines is 1. The van der Waals surface area contributed by atoms with E-state index in [1.54, 1.807) is 24.1 Å². The first-order valence-electron chi connectivity index (χ1n) is 13.0. The van der Waals surface area contributed by atoms with Crippen LogP contribution in [0.2, 0.25) is 0 Å². The molecule has 41 heavy (non-hydrogen) atoms. The van der Waals surface area contributed by atoms with E-state index in [0.717, 1.165) is 27.0 Å². The number of ether oxygens (including phenoxy) is 1. The van der Waals surface area contributed by atoms with Gasteiger partial charge in [-0.3, -0.25) is 14.9 Å². The summed E-state index contributed by atoms with van der Waals surface area (Å²) >= 11 is 3.57. The third kappa shape index (κ3) is 5.09. The topological polar surface area (TPSA) is 155 Å². The second-order valence-corrected chi connectivity index (χ2v) is 12.5. The van der Waals surface area contributed by atoms with E-state index in [1.807, 2.05) is 36.7 Å². The van der Waals surface area contributed by atoms with Gasteiger partial charge < -0.3 is 9.64 Å². The van der Waals surface area contributed by atoms with Crippen molar-refractivity contribution in [3.63, 3.8) is 0 Å². The van der Waals surface area contributed by atoms with Crippen LogP contribution in [-0.2, 0) is 21.4 Å². The van der Waals surface area contributed by atoms with Gasteiger partial charge in [-0.1, -0.05) is 6.07 Å². The van der Waals surface area contributed by atoms with Crippen molar-refractivity contribution in [2.75, 3.05) is 12.0 Å². The lowest BCUT2D eigenvalue weighted by Gasteiger charge is -2.42. The van der Waals surface area contributed by atoms with E-state index in [0.29, 0.717) is 48.5 Å². The number of halogens is 1. The zero-order valence-corrected chi connectivity index (χ0v) is 25.2. The Bertz CT molecular complexity index is 1750. The molecule has 1 aliphatic carbocycles. The van der Waals surface area contributed by atoms with Crippen LogP contribution < -0.4 is 14.8 Å². The van der Waals surface area contributed by atoms with Crippen LogP contribution in [0.15, 0.2) is 63.1 Å². The van der Waals surface area contributed by atoms with Crippen molar-refractivity contribution in [3.05, 3.63) is 80.7 Å². The largest absolute Gasteiger partial charge is 0.496 e. The van der Waals surface area contributed by atoms with Crippen LogP contribution in [0.25, 0.3) is 0 Å². The maximum absolute atomic E-state index is 13.5. The first kappa shape index (κ1) is 28.7. The maximum atomic E-state index is 13.5. The molecule has 2 aliphatic rings. The second kappa shape index (κ2) is 10.9. The van der Waals surface area contributed by atoms with Crippen molar-refractivity contribution in [1.29, 1.82) is 10.7 Å². The first-order valence-corrected chi connectivity index (χ1v) is 15.3. The SMILES string of the molecule is COc1ccc(C2C3=C(CCCC3=O)N(c3ccc(S(N)(=O)=O)cc3)C(=N)C2C#N)cc1Cn1nc(C)c(Br)c1C. The fourth-order valence-corrected chi connectivity index (χ4v) is 6.52. The number of nitrogens with one attached hydrogen (secondary N) is 1. The molecule has 2 aromatic carbocycles. The van der Waals surface area contributed by atoms with E-state index in [-0.39, 0.29) is 16.5 Å². The standard InChI is InChI=1S/C29H29BrN6O4S/c1-16-28(30)17(2)35(34-16)15-19-13-18(7-12-25(19)40-3)26-22(14-31)29(32)36(23-5-4-6-24(37)27(23)26)20-8-10-21(11-9-20)41(33,38)39/h7-13,22,26,32H,4-6,15H2,1-3H3,(H2,33,38,39). The molecule has 0 radical (unpaired) electrons. The van der Waals surface area contributed by atoms with Crippen molar-refractivity contribution in [1.82, 2.24) is 9.78 Å². The van der Waals surface area contributed by atoms with Gasteiger partial charge in [0.15, 0.2) is 5.78 Å². The van der Waals surface area contributed by atoms with E-state index in [2.05, 4.69) is 27.1 Å². The minimum atomic E-state index is -3.90. The van der Waals surface area contributed by atoms with E-state index in [1.165, 1.54) is 12.1 Å². The molecule has 5 rings (SSSR count). The van der Waals surface area contributed by atoms with E-state index in [9.17, 15) is 18.5 Å². The van der Waals surface area contributed by atoms with Crippen molar-refractivity contribution in [2.24, 2.45) is 11.1 Å². The molecule has 212 valence electrons. The average molecular weight is 638 g/mol. The van der Waals surface area contributed by atoms with Gasteiger partial charge in [0.1, 0.15) is 17.5 Å². The highest BCUT2D eigenvalue weighted by molar-refractivity contribution is 9.10. The third-order valence-corrected chi connectivity index (χ3v) is 9.79. The summed E-state index contributed by atoms with van der Waals surface area (Å²) in [6.45, 7) is 4.30. The Hall–Kier alpha value is -3.79. The summed E-state index contributed by atoms with van der Waals surface area (Å²) in [5, 5.41) is 29.4. The summed E-state index contributed by atoms with van der Waals surface area (Å²) in [6, 6.07) is 13.7. The average Bonchev–Trinajstić information content (AvgIpc) is 3.18. The van der Waals surface area contributed by atoms with Gasteiger partial charge in [-0.15, -0.1) is 0 Å². The minimum absolute atomic E-state index is 0.0224. The first-order chi connectivity index (χ1) is 19.5. The molecule has 0 spiro atoms. The van der Waals surface area contributed by atoms with Crippen molar-refractivity contribution < 1.29 is 17.9 Å². The lowest BCUT2D eigenvalue weighted by atomic mass is 9.71. The number of Topliss-reactive ketones (excluding diaryl/α,β-unsaturated/α-hetero) is 1. The molecule has 2 unspecified atom stereocenters. The van der Waals surface area contributed by atoms with Gasteiger partial charge in [-0.2, -0.15) is 10.4 Å². The molecule has 3 aromatic rings. The number of amidine groups is 1. The molecule has 0 fully saturated rings. The number of hydrogen-bond donors (Lipinski definition) is 2. The van der Waals surface area contributed by atoms with Gasteiger partial charge in [0.2, 0.25) is 10.0 Å². The number of sulfonamides is 1. The highest BCUT2D eigenvalue weighted by atomic mass is 79.9. The van der Waals surface area contributed by atoms with E-state index >= 15 is 0 Å². The molecule has 12 heteroatoms. The molecule has 1 aliphatic heterocycles. The summed E-state index contributed by atoms with van der Waals surface area (Å²) in [5.41, 5.74) is 5.06. The van der Waals surface area contributed by atoms with Gasteiger partial charge >= 0.3 is 0 Å². The number of aryl methyl sites for hydroxylation is 1. The smallest absolute Gasteiger partial charge is 0.238 e. The molecule has 10 nitrogen and oxygen atoms in total. The number of aromatic nitrogens is 2. The minimum Gasteiger partial charge on any atom is -0.496 e. The number of hydrogen-bond acceptors (Lipinski definition) is 7. The van der Waals surface area contributed by atoms with Crippen LogP contribution in [0.4, 0.5) is 5.69 Å². The van der Waals surface area contributed by atoms with Crippen LogP contribution in [0.3, 0.4) is 0 Å². The number of methoxy groups -OCH3 is 1. The quantitative estimate of drug-likeness (QED) is 0.397. The number of carbonyl (C=O) groups is 1. The maximum Gasteiger partial charge on any atom is 0.238 e. The van der Waals surface area contributed by atoms with E-state index in [4.69, 9.17) is 15.3 Å². The molecule has 0 saturated heterocycles. The highest BCUT2D eigenvalue weighted by Gasteiger charge is 2.45. The zero-order valence-electron chi connectivity index (χ0n) is 22.8. The number of nitriles is 1. The highest BCUT2D eigenvalue weighted by Crippen LogP contribution is 2.47. The predicted octanol–water partition coefficient (Wildman–Crippen LogP) is 4.69. The monoisotopic (exact) mass is 636 g/mol. The summed E-state index contributed by atoms with van der Waals surface area (Å²) < 4.78 is 32.0. The molecule has 0 bridgehead atoms. The van der Waals surface area contributed by atoms with Crippen LogP contribution in [0, 0.1) is 36.5 Å². The van der Waals surface area contributed by atoms with Crippen LogP contribution >= 0.6 is 15.9 Å². The third-order valence-electron chi connectivity index (χ3n) is 7.72. The van der Waals surface area contributed by atoms with Gasteiger partial charge in [0.25, 0.3) is 0 Å². The molecule has 2 heterocycles. The second-order valence-electron chi connectivity index (χ2n) is 10.2. The Morgan fingerprint density at radius 1 is 1.20 bits per heavy atom. The lowest BCUT2D eigenvalue weighted by molar-refractivity contribution is -0.116. The van der Waals surface area contributed by atoms with Crippen LogP contribution in [0.5, 0.6) is 5.75 Å². The zero-order chi connectivity index (χ0) is 29.6. The Morgan fingerprint density at radius 3 is 2.49 bits per heavy atom. The predicted molar refractivity (Wildman–Crippen MR) is 157 cm³/mol. The molecule has 2 atom stereocenters. The van der Waals surface area contributed by atoms with E-state index < -0.39 is 21.9 Å². The van der Waals surface area contributed by atoms with Gasteiger partial charge in [-0.25, -0.2) is 13.6 Å². The number of primary sulfonamides is 1. The molecular weight excluding hydrogens is 608 g/mol. The number of nitrogens with two attached hydrogens (primary N) is 1. The molecule has 0 saturated carbocycles. The molecular formula is C29H29BrN6O4S. The number of nitrogens with zero attached hydrogens (tertiary/aromatic N) is 4. The fourth-order valence-electron chi connectivity index (χ4n) is 5.72. The fraction of sp³-hybridized carbons (Fsp3) is 0.310. The Kier molecular flexibility index (Phi) is 7.63. The number of rotatable bonds is 6. The Morgan fingerprint density at radius 2 is 1.90 bits per heavy atom. The van der Waals surface area contributed by atoms with Crippen molar-refractivity contribution >= 4 is 43.3 Å². The molecule has 0 amide bonds. The lowest BCUT2D eigenvalue weighted by Crippen LogP contribution is -2.45. The number of carbonyl (C=O) groups excluding carboxylic acids is 1. The van der Waals surface area contributed by atoms with Crippen LogP contribution in [-0.4, -0.2) is 36.9 Å². The van der Waals surface area contributed by atoms with Crippen molar-refractivity contribution in [3.8, 4) is 11.8 Å². The number of allylic oxidation sites excluding steroid dienone is 2. The summed E-state index contributed by atoms with van der Waals surface area (Å²) in [4.78, 5) is 15.1. The Labute approximate surface area is 247 Å². The summed E-state index contributed by atoms with van der Waals surface area (Å²) in [5.74, 6) is -0.994. The summed E-state index contributed by atoms with van der Waals surface area (Å²) in [6.07, 6.45) is 1.50. The number of benzene rings is 2. The normalized spacial score (nSPS) is 19.3. The van der Waals surface area contributed by atoms with Gasteiger partial charge in [0.05, 0.1) is 40.5 Å². The van der Waals surface area contributed by atoms with Crippen LogP contribution in [0.1, 0.15) is 47.7 Å².